The number of hydrogen-bond acceptors (Lipinski definition) is 4. The van der Waals surface area contributed by atoms with E-state index >= 15 is 0 Å². The molecule has 1 atom stereocenters. The molecule has 4 rings (SSSR count). The van der Waals surface area contributed by atoms with Gasteiger partial charge in [-0.2, -0.15) is 5.26 Å². The molecule has 0 heterocycles. The largest absolute Gasteiger partial charge is 0.507 e. The molecule has 0 radical (unpaired) electrons. The number of phenols is 1. The Balaban J connectivity index is 1.49. The second kappa shape index (κ2) is 8.93. The number of nitriles is 1. The van der Waals surface area contributed by atoms with Gasteiger partial charge in [-0.25, -0.2) is 0 Å². The third kappa shape index (κ3) is 4.39. The number of aromatic hydroxyl groups is 1. The van der Waals surface area contributed by atoms with Crippen LogP contribution in [0.3, 0.4) is 0 Å². The molecule has 5 heteroatoms. The lowest BCUT2D eigenvalue weighted by Crippen LogP contribution is -2.28. The zero-order valence-corrected chi connectivity index (χ0v) is 17.5. The number of fused-ring (bicyclic) bond motifs is 2. The van der Waals surface area contributed by atoms with Crippen LogP contribution < -0.4 is 10.6 Å². The number of anilines is 1. The summed E-state index contributed by atoms with van der Waals surface area (Å²) in [6.45, 7) is 1.93. The standard InChI is InChI=1S/C26H25N3O2/c1-17(19-13-12-18-6-2-3-7-20(18)14-19)29-26(31)21(15-27)16-28-24-10-4-9-23-22(24)8-5-11-25(23)30/h4-5,8-14,16-17,28,30H,2-3,6-7H2,1H3,(H,29,31)/b21-16-. The number of aryl methyl sites for hydroxylation is 2. The molecule has 0 spiro atoms. The summed E-state index contributed by atoms with van der Waals surface area (Å²) in [6, 6.07) is 18.9. The number of amides is 1. The number of nitrogens with one attached hydrogen (secondary N) is 2. The van der Waals surface area contributed by atoms with Gasteiger partial charge >= 0.3 is 0 Å². The smallest absolute Gasteiger partial charge is 0.263 e. The second-order valence-corrected chi connectivity index (χ2v) is 7.92. The number of carbonyl (C=O) groups is 1. The number of phenolic OH excluding ortho intramolecular Hbond substituents is 1. The first-order chi connectivity index (χ1) is 15.1. The second-order valence-electron chi connectivity index (χ2n) is 7.92. The highest BCUT2D eigenvalue weighted by molar-refractivity contribution is 6.00. The average molecular weight is 412 g/mol. The van der Waals surface area contributed by atoms with Crippen molar-refractivity contribution in [2.24, 2.45) is 0 Å². The van der Waals surface area contributed by atoms with Crippen molar-refractivity contribution in [3.05, 3.63) is 83.1 Å². The first kappa shape index (κ1) is 20.5. The van der Waals surface area contributed by atoms with E-state index in [-0.39, 0.29) is 17.4 Å². The Morgan fingerprint density at radius 2 is 1.81 bits per heavy atom. The predicted octanol–water partition coefficient (Wildman–Crippen LogP) is 5.12. The van der Waals surface area contributed by atoms with Crippen LogP contribution in [0.15, 0.2) is 66.4 Å². The van der Waals surface area contributed by atoms with Crippen LogP contribution in [-0.4, -0.2) is 11.0 Å². The first-order valence-electron chi connectivity index (χ1n) is 10.6. The Morgan fingerprint density at radius 1 is 1.06 bits per heavy atom. The van der Waals surface area contributed by atoms with Crippen LogP contribution in [0, 0.1) is 11.3 Å². The molecular formula is C26H25N3O2. The summed E-state index contributed by atoms with van der Waals surface area (Å²) in [6.07, 6.45) is 6.05. The van der Waals surface area contributed by atoms with Crippen LogP contribution in [0.2, 0.25) is 0 Å². The highest BCUT2D eigenvalue weighted by atomic mass is 16.3. The van der Waals surface area contributed by atoms with Gasteiger partial charge in [0.05, 0.1) is 6.04 Å². The molecule has 3 aromatic rings. The minimum atomic E-state index is -0.427. The number of rotatable bonds is 5. The van der Waals surface area contributed by atoms with Crippen molar-refractivity contribution in [3.63, 3.8) is 0 Å². The van der Waals surface area contributed by atoms with Crippen LogP contribution >= 0.6 is 0 Å². The Labute approximate surface area is 182 Å². The van der Waals surface area contributed by atoms with E-state index in [4.69, 9.17) is 0 Å². The average Bonchev–Trinajstić information content (AvgIpc) is 2.79. The molecule has 1 aliphatic carbocycles. The maximum Gasteiger partial charge on any atom is 0.263 e. The fraction of sp³-hybridized carbons (Fsp3) is 0.231. The van der Waals surface area contributed by atoms with Gasteiger partial charge in [0.15, 0.2) is 0 Å². The van der Waals surface area contributed by atoms with Crippen LogP contribution in [0.25, 0.3) is 10.8 Å². The molecular weight excluding hydrogens is 386 g/mol. The van der Waals surface area contributed by atoms with Crippen molar-refractivity contribution in [1.29, 1.82) is 5.26 Å². The van der Waals surface area contributed by atoms with Crippen molar-refractivity contribution < 1.29 is 9.90 Å². The molecule has 3 N–H and O–H groups in total. The van der Waals surface area contributed by atoms with Gasteiger partial charge in [-0.1, -0.05) is 42.5 Å². The van der Waals surface area contributed by atoms with Gasteiger partial charge in [-0.05, 0) is 61.4 Å². The summed E-state index contributed by atoms with van der Waals surface area (Å²) < 4.78 is 0. The van der Waals surface area contributed by atoms with E-state index in [2.05, 4.69) is 28.8 Å². The van der Waals surface area contributed by atoms with Gasteiger partial charge in [0, 0.05) is 22.7 Å². The van der Waals surface area contributed by atoms with Crippen LogP contribution in [-0.2, 0) is 17.6 Å². The number of benzene rings is 3. The summed E-state index contributed by atoms with van der Waals surface area (Å²) in [5, 5.41) is 27.0. The summed E-state index contributed by atoms with van der Waals surface area (Å²) in [5.74, 6) is -0.245. The zero-order valence-electron chi connectivity index (χ0n) is 17.5. The molecule has 156 valence electrons. The molecule has 0 bridgehead atoms. The zero-order chi connectivity index (χ0) is 21.8. The summed E-state index contributed by atoms with van der Waals surface area (Å²) in [5.41, 5.74) is 4.50. The topological polar surface area (TPSA) is 85.2 Å². The highest BCUT2D eigenvalue weighted by Crippen LogP contribution is 2.30. The van der Waals surface area contributed by atoms with Crippen molar-refractivity contribution in [2.45, 2.75) is 38.6 Å². The fourth-order valence-corrected chi connectivity index (χ4v) is 4.10. The molecule has 0 aromatic heterocycles. The van der Waals surface area contributed by atoms with Gasteiger partial charge < -0.3 is 15.7 Å². The lowest BCUT2D eigenvalue weighted by molar-refractivity contribution is -0.117. The van der Waals surface area contributed by atoms with E-state index in [9.17, 15) is 15.2 Å². The maximum atomic E-state index is 12.7. The minimum absolute atomic E-state index is 0.0121. The Kier molecular flexibility index (Phi) is 5.90. The number of carbonyl (C=O) groups excluding carboxylic acids is 1. The molecule has 1 amide bonds. The van der Waals surface area contributed by atoms with E-state index in [0.717, 1.165) is 23.8 Å². The Morgan fingerprint density at radius 3 is 2.61 bits per heavy atom. The van der Waals surface area contributed by atoms with Crippen LogP contribution in [0.1, 0.15) is 42.5 Å². The van der Waals surface area contributed by atoms with Gasteiger partial charge in [-0.3, -0.25) is 4.79 Å². The third-order valence-electron chi connectivity index (χ3n) is 5.86. The van der Waals surface area contributed by atoms with Crippen molar-refractivity contribution in [3.8, 4) is 11.8 Å². The maximum absolute atomic E-state index is 12.7. The predicted molar refractivity (Wildman–Crippen MR) is 123 cm³/mol. The van der Waals surface area contributed by atoms with Crippen molar-refractivity contribution >= 4 is 22.4 Å². The van der Waals surface area contributed by atoms with Gasteiger partial charge in [0.1, 0.15) is 17.4 Å². The third-order valence-corrected chi connectivity index (χ3v) is 5.86. The quantitative estimate of drug-likeness (QED) is 0.402. The summed E-state index contributed by atoms with van der Waals surface area (Å²) >= 11 is 0. The molecule has 3 aromatic carbocycles. The van der Waals surface area contributed by atoms with E-state index in [1.807, 2.05) is 37.3 Å². The number of hydrogen-bond donors (Lipinski definition) is 3. The Hall–Kier alpha value is -3.78. The normalized spacial score (nSPS) is 14.4. The lowest BCUT2D eigenvalue weighted by Gasteiger charge is -2.20. The minimum Gasteiger partial charge on any atom is -0.507 e. The SMILES string of the molecule is CC(NC(=O)/C(C#N)=C\Nc1cccc2c(O)cccc12)c1ccc2c(c1)CCCC2. The molecule has 0 aliphatic heterocycles. The van der Waals surface area contributed by atoms with Crippen LogP contribution in [0.5, 0.6) is 5.75 Å². The van der Waals surface area contributed by atoms with Gasteiger partial charge in [-0.15, -0.1) is 0 Å². The van der Waals surface area contributed by atoms with Crippen molar-refractivity contribution in [1.82, 2.24) is 5.32 Å². The molecule has 0 saturated carbocycles. The number of nitrogens with zero attached hydrogens (tertiary/aromatic N) is 1. The Bertz CT molecular complexity index is 1210. The van der Waals surface area contributed by atoms with Gasteiger partial charge in [0.25, 0.3) is 5.91 Å². The summed E-state index contributed by atoms with van der Waals surface area (Å²) in [4.78, 5) is 12.7. The molecule has 5 nitrogen and oxygen atoms in total. The van der Waals surface area contributed by atoms with E-state index in [0.29, 0.717) is 11.1 Å². The molecule has 0 saturated heterocycles. The molecule has 31 heavy (non-hydrogen) atoms. The van der Waals surface area contributed by atoms with E-state index in [1.54, 1.807) is 12.1 Å². The molecule has 0 fully saturated rings. The monoisotopic (exact) mass is 411 g/mol. The van der Waals surface area contributed by atoms with E-state index < -0.39 is 5.91 Å². The lowest BCUT2D eigenvalue weighted by atomic mass is 9.89. The summed E-state index contributed by atoms with van der Waals surface area (Å²) in [7, 11) is 0. The van der Waals surface area contributed by atoms with E-state index in [1.165, 1.54) is 30.2 Å². The van der Waals surface area contributed by atoms with Crippen LogP contribution in [0.4, 0.5) is 5.69 Å². The highest BCUT2D eigenvalue weighted by Gasteiger charge is 2.16. The molecule has 1 unspecified atom stereocenters. The van der Waals surface area contributed by atoms with Gasteiger partial charge in [0.2, 0.25) is 0 Å². The molecule has 1 aliphatic rings. The van der Waals surface area contributed by atoms with Crippen molar-refractivity contribution in [2.75, 3.05) is 5.32 Å². The first-order valence-corrected chi connectivity index (χ1v) is 10.6. The fourth-order valence-electron chi connectivity index (χ4n) is 4.10.